The standard InChI is InChI=1S/C43H43N13S/c1-31-3-5-34(6-4-31)46-47-35-7-9-36(10-8-35)48-49-37-11-15-39(16-12-37)55-25-21-53(22-26-55)19-20-54-23-27-56(28-24-54)40-17-13-38(14-18-40)50-51-43-41-29-33(30-44)32(2)45-42(41)52-57-43/h3-18,29H,19-28H2,1-2H3. The van der Waals surface area contributed by atoms with Crippen LogP contribution in [-0.4, -0.2) is 84.6 Å². The van der Waals surface area contributed by atoms with E-state index < -0.39 is 0 Å². The Morgan fingerprint density at radius 2 is 0.965 bits per heavy atom. The van der Waals surface area contributed by atoms with Crippen LogP contribution >= 0.6 is 11.5 Å². The molecule has 2 saturated heterocycles. The number of rotatable bonds is 11. The van der Waals surface area contributed by atoms with E-state index in [2.05, 4.69) is 96.9 Å². The number of piperazine rings is 2. The summed E-state index contributed by atoms with van der Waals surface area (Å²) in [5.74, 6) is 0. The Bertz CT molecular complexity index is 2400. The normalized spacial score (nSPS) is 15.7. The van der Waals surface area contributed by atoms with Crippen LogP contribution in [0.1, 0.15) is 16.8 Å². The third-order valence-corrected chi connectivity index (χ3v) is 11.1. The van der Waals surface area contributed by atoms with Crippen LogP contribution in [0.5, 0.6) is 0 Å². The van der Waals surface area contributed by atoms with Gasteiger partial charge in [-0.15, -0.1) is 10.2 Å². The Morgan fingerprint density at radius 3 is 1.40 bits per heavy atom. The van der Waals surface area contributed by atoms with Crippen LogP contribution < -0.4 is 9.80 Å². The monoisotopic (exact) mass is 773 g/mol. The molecule has 4 aromatic carbocycles. The molecule has 286 valence electrons. The van der Waals surface area contributed by atoms with Crippen molar-refractivity contribution in [1.29, 1.82) is 5.26 Å². The predicted octanol–water partition coefficient (Wildman–Crippen LogP) is 10.4. The minimum Gasteiger partial charge on any atom is -0.369 e. The number of aryl methyl sites for hydroxylation is 2. The van der Waals surface area contributed by atoms with Crippen molar-refractivity contribution in [3.8, 4) is 6.07 Å². The Hall–Kier alpha value is -6.27. The van der Waals surface area contributed by atoms with Crippen LogP contribution in [0.2, 0.25) is 0 Å². The zero-order chi connectivity index (χ0) is 39.0. The molecule has 0 N–H and O–H groups in total. The lowest BCUT2D eigenvalue weighted by Crippen LogP contribution is -2.51. The van der Waals surface area contributed by atoms with E-state index in [1.54, 1.807) is 6.07 Å². The summed E-state index contributed by atoms with van der Waals surface area (Å²) in [5.41, 5.74) is 9.38. The molecule has 0 unspecified atom stereocenters. The molecule has 0 radical (unpaired) electrons. The van der Waals surface area contributed by atoms with E-state index in [0.29, 0.717) is 21.9 Å². The molecular formula is C43H43N13S. The predicted molar refractivity (Wildman–Crippen MR) is 227 cm³/mol. The van der Waals surface area contributed by atoms with Crippen molar-refractivity contribution in [2.24, 2.45) is 30.7 Å². The maximum atomic E-state index is 9.37. The SMILES string of the molecule is Cc1ccc(N=Nc2ccc(N=Nc3ccc(N4CCN(CCN5CCN(c6ccc(N=Nc7snc8nc(C)c(C#N)cc78)cc6)CC5)CC4)cc3)cc2)cc1. The van der Waals surface area contributed by atoms with Crippen LogP contribution in [0.15, 0.2) is 134 Å². The van der Waals surface area contributed by atoms with Gasteiger partial charge in [0.25, 0.3) is 0 Å². The van der Waals surface area contributed by atoms with Crippen molar-refractivity contribution in [3.63, 3.8) is 0 Å². The minimum atomic E-state index is 0.528. The molecule has 2 aliphatic heterocycles. The molecule has 4 heterocycles. The van der Waals surface area contributed by atoms with E-state index in [1.165, 1.54) is 28.5 Å². The molecule has 2 fully saturated rings. The minimum absolute atomic E-state index is 0.528. The number of fused-ring (bicyclic) bond motifs is 1. The number of pyridine rings is 1. The first kappa shape index (κ1) is 37.6. The molecule has 0 bridgehead atoms. The topological polar surface area (TPSA) is 137 Å². The second kappa shape index (κ2) is 17.7. The Labute approximate surface area is 336 Å². The lowest BCUT2D eigenvalue weighted by Gasteiger charge is -2.39. The Kier molecular flexibility index (Phi) is 11.7. The third kappa shape index (κ3) is 9.58. The molecule has 14 heteroatoms. The van der Waals surface area contributed by atoms with Crippen molar-refractivity contribution in [3.05, 3.63) is 120 Å². The zero-order valence-electron chi connectivity index (χ0n) is 32.1. The number of anilines is 2. The van der Waals surface area contributed by atoms with E-state index in [-0.39, 0.29) is 0 Å². The summed E-state index contributed by atoms with van der Waals surface area (Å²) >= 11 is 1.24. The second-order valence-electron chi connectivity index (χ2n) is 14.2. The van der Waals surface area contributed by atoms with Crippen LogP contribution in [0.25, 0.3) is 11.0 Å². The number of azo groups is 3. The molecule has 2 aromatic heterocycles. The Morgan fingerprint density at radius 1 is 0.561 bits per heavy atom. The van der Waals surface area contributed by atoms with Gasteiger partial charge in [-0.1, -0.05) is 17.7 Å². The smallest absolute Gasteiger partial charge is 0.175 e. The third-order valence-electron chi connectivity index (χ3n) is 10.4. The molecule has 2 aliphatic rings. The van der Waals surface area contributed by atoms with Gasteiger partial charge in [-0.2, -0.15) is 30.1 Å². The average Bonchev–Trinajstić information content (AvgIpc) is 3.66. The molecule has 6 aromatic rings. The van der Waals surface area contributed by atoms with E-state index in [0.717, 1.165) is 99.3 Å². The maximum absolute atomic E-state index is 9.37. The zero-order valence-corrected chi connectivity index (χ0v) is 32.9. The highest BCUT2D eigenvalue weighted by molar-refractivity contribution is 7.11. The van der Waals surface area contributed by atoms with E-state index in [4.69, 9.17) is 0 Å². The largest absolute Gasteiger partial charge is 0.369 e. The quantitative estimate of drug-likeness (QED) is 0.120. The molecule has 0 aliphatic carbocycles. The molecular weight excluding hydrogens is 731 g/mol. The van der Waals surface area contributed by atoms with Crippen molar-refractivity contribution in [1.82, 2.24) is 19.2 Å². The number of hydrogen-bond acceptors (Lipinski definition) is 14. The summed E-state index contributed by atoms with van der Waals surface area (Å²) in [5, 5.41) is 37.1. The van der Waals surface area contributed by atoms with Gasteiger partial charge in [-0.05, 0) is 116 Å². The fourth-order valence-corrected chi connectivity index (χ4v) is 7.51. The van der Waals surface area contributed by atoms with Crippen molar-refractivity contribution in [2.75, 3.05) is 75.2 Å². The van der Waals surface area contributed by atoms with Gasteiger partial charge in [0, 0.05) is 76.8 Å². The van der Waals surface area contributed by atoms with Gasteiger partial charge >= 0.3 is 0 Å². The van der Waals surface area contributed by atoms with Gasteiger partial charge in [0.15, 0.2) is 10.6 Å². The van der Waals surface area contributed by atoms with Crippen LogP contribution in [-0.2, 0) is 0 Å². The fourth-order valence-electron chi connectivity index (χ4n) is 6.87. The van der Waals surface area contributed by atoms with Gasteiger partial charge in [0.05, 0.1) is 45.1 Å². The summed E-state index contributed by atoms with van der Waals surface area (Å²) in [6.07, 6.45) is 0. The first-order chi connectivity index (χ1) is 28.0. The van der Waals surface area contributed by atoms with Gasteiger partial charge in [-0.3, -0.25) is 9.80 Å². The molecule has 57 heavy (non-hydrogen) atoms. The molecule has 0 atom stereocenters. The number of nitrogens with zero attached hydrogens (tertiary/aromatic N) is 13. The lowest BCUT2D eigenvalue weighted by molar-refractivity contribution is 0.190. The number of aromatic nitrogens is 2. The summed E-state index contributed by atoms with van der Waals surface area (Å²) < 4.78 is 4.37. The molecule has 0 saturated carbocycles. The number of benzene rings is 4. The van der Waals surface area contributed by atoms with Crippen molar-refractivity contribution in [2.45, 2.75) is 13.8 Å². The first-order valence-corrected chi connectivity index (χ1v) is 20.0. The average molecular weight is 774 g/mol. The van der Waals surface area contributed by atoms with Crippen LogP contribution in [0, 0.1) is 25.2 Å². The van der Waals surface area contributed by atoms with E-state index in [1.807, 2.05) is 79.7 Å². The number of hydrogen-bond donors (Lipinski definition) is 0. The van der Waals surface area contributed by atoms with Gasteiger partial charge in [-0.25, -0.2) is 4.98 Å². The summed E-state index contributed by atoms with van der Waals surface area (Å²) in [6, 6.07) is 36.1. The Balaban J connectivity index is 0.740. The van der Waals surface area contributed by atoms with Crippen molar-refractivity contribution < 1.29 is 0 Å². The number of nitriles is 1. The van der Waals surface area contributed by atoms with Gasteiger partial charge in [0.1, 0.15) is 6.07 Å². The maximum Gasteiger partial charge on any atom is 0.175 e. The summed E-state index contributed by atoms with van der Waals surface area (Å²) in [7, 11) is 0. The molecule has 13 nitrogen and oxygen atoms in total. The fraction of sp³-hybridized carbons (Fsp3) is 0.279. The van der Waals surface area contributed by atoms with Crippen molar-refractivity contribution >= 4 is 67.4 Å². The highest BCUT2D eigenvalue weighted by atomic mass is 32.1. The lowest BCUT2D eigenvalue weighted by atomic mass is 10.2. The van der Waals surface area contributed by atoms with Gasteiger partial charge < -0.3 is 9.80 Å². The second-order valence-corrected chi connectivity index (χ2v) is 15.0. The summed E-state index contributed by atoms with van der Waals surface area (Å²) in [4.78, 5) is 14.5. The summed E-state index contributed by atoms with van der Waals surface area (Å²) in [6.45, 7) is 14.3. The molecule has 8 rings (SSSR count). The van der Waals surface area contributed by atoms with E-state index >= 15 is 0 Å². The molecule has 0 amide bonds. The highest BCUT2D eigenvalue weighted by Gasteiger charge is 2.21. The first-order valence-electron chi connectivity index (χ1n) is 19.2. The van der Waals surface area contributed by atoms with E-state index in [9.17, 15) is 5.26 Å². The van der Waals surface area contributed by atoms with Gasteiger partial charge in [0.2, 0.25) is 0 Å². The van der Waals surface area contributed by atoms with Crippen LogP contribution in [0.3, 0.4) is 0 Å². The highest BCUT2D eigenvalue weighted by Crippen LogP contribution is 2.33. The molecule has 0 spiro atoms. The van der Waals surface area contributed by atoms with Crippen LogP contribution in [0.4, 0.5) is 44.8 Å².